The number of anilines is 3. The second-order valence-electron chi connectivity index (χ2n) is 6.19. The Labute approximate surface area is 161 Å². The first-order valence-electron chi connectivity index (χ1n) is 8.90. The molecule has 1 fully saturated rings. The highest BCUT2D eigenvalue weighted by Gasteiger charge is 2.20. The summed E-state index contributed by atoms with van der Waals surface area (Å²) in [6.07, 6.45) is 1.57. The average Bonchev–Trinajstić information content (AvgIpc) is 3.22. The van der Waals surface area contributed by atoms with Crippen LogP contribution in [0.4, 0.5) is 17.5 Å². The molecule has 1 amide bonds. The summed E-state index contributed by atoms with van der Waals surface area (Å²) < 4.78 is 10.8. The number of fused-ring (bicyclic) bond motifs is 1. The number of aromatic nitrogens is 4. The molecule has 0 radical (unpaired) electrons. The Balaban J connectivity index is 1.60. The molecule has 0 unspecified atom stereocenters. The maximum Gasteiger partial charge on any atom is 0.254 e. The molecule has 0 atom stereocenters. The minimum absolute atomic E-state index is 0.0410. The van der Waals surface area contributed by atoms with Gasteiger partial charge in [0.15, 0.2) is 11.5 Å². The Morgan fingerprint density at radius 2 is 2.11 bits per heavy atom. The fourth-order valence-electron chi connectivity index (χ4n) is 3.06. The van der Waals surface area contributed by atoms with E-state index in [2.05, 4.69) is 30.6 Å². The summed E-state index contributed by atoms with van der Waals surface area (Å²) in [5.74, 6) is 1.47. The molecule has 28 heavy (non-hydrogen) atoms. The van der Waals surface area contributed by atoms with Gasteiger partial charge in [-0.1, -0.05) is 0 Å². The van der Waals surface area contributed by atoms with Gasteiger partial charge in [0.2, 0.25) is 5.95 Å². The van der Waals surface area contributed by atoms with E-state index in [9.17, 15) is 4.79 Å². The predicted octanol–water partition coefficient (Wildman–Crippen LogP) is 1.62. The lowest BCUT2D eigenvalue weighted by atomic mass is 10.1. The van der Waals surface area contributed by atoms with Gasteiger partial charge in [0.1, 0.15) is 11.3 Å². The van der Waals surface area contributed by atoms with Crippen LogP contribution in [0.1, 0.15) is 10.4 Å². The van der Waals surface area contributed by atoms with Crippen molar-refractivity contribution in [3.05, 3.63) is 30.1 Å². The Morgan fingerprint density at radius 3 is 2.86 bits per heavy atom. The summed E-state index contributed by atoms with van der Waals surface area (Å²) in [7, 11) is 3.33. The molecule has 146 valence electrons. The fourth-order valence-corrected chi connectivity index (χ4v) is 3.06. The molecule has 2 aromatic heterocycles. The van der Waals surface area contributed by atoms with Crippen LogP contribution >= 0.6 is 0 Å². The SMILES string of the molecule is CNc1nc(Nc2ccc(C(=O)N3CCOCC3)cc2OC)nc2[nH]cnc12. The number of morpholine rings is 1. The van der Waals surface area contributed by atoms with Crippen LogP contribution in [0, 0.1) is 0 Å². The van der Waals surface area contributed by atoms with Gasteiger partial charge in [0.25, 0.3) is 5.91 Å². The third kappa shape index (κ3) is 3.41. The number of H-pyrrole nitrogens is 1. The van der Waals surface area contributed by atoms with Crippen molar-refractivity contribution in [2.24, 2.45) is 0 Å². The van der Waals surface area contributed by atoms with E-state index < -0.39 is 0 Å². The summed E-state index contributed by atoms with van der Waals surface area (Å²) in [5, 5.41) is 6.15. The number of ether oxygens (including phenoxy) is 2. The lowest BCUT2D eigenvalue weighted by molar-refractivity contribution is 0.0302. The van der Waals surface area contributed by atoms with Gasteiger partial charge in [-0.2, -0.15) is 9.97 Å². The Bertz CT molecular complexity index is 998. The number of carbonyl (C=O) groups is 1. The zero-order valence-electron chi connectivity index (χ0n) is 15.7. The van der Waals surface area contributed by atoms with Crippen LogP contribution in [0.25, 0.3) is 11.2 Å². The van der Waals surface area contributed by atoms with Crippen molar-refractivity contribution in [1.29, 1.82) is 0 Å². The van der Waals surface area contributed by atoms with E-state index in [1.54, 1.807) is 43.6 Å². The number of hydrogen-bond donors (Lipinski definition) is 3. The second-order valence-corrected chi connectivity index (χ2v) is 6.19. The number of nitrogens with one attached hydrogen (secondary N) is 3. The number of nitrogens with zero attached hydrogens (tertiary/aromatic N) is 4. The zero-order chi connectivity index (χ0) is 19.5. The molecular weight excluding hydrogens is 362 g/mol. The highest BCUT2D eigenvalue weighted by atomic mass is 16.5. The number of carbonyl (C=O) groups excluding carboxylic acids is 1. The van der Waals surface area contributed by atoms with E-state index in [-0.39, 0.29) is 5.91 Å². The molecule has 3 heterocycles. The molecule has 0 aliphatic carbocycles. The lowest BCUT2D eigenvalue weighted by Crippen LogP contribution is -2.40. The molecule has 3 aromatic rings. The topological polar surface area (TPSA) is 117 Å². The fraction of sp³-hybridized carbons (Fsp3) is 0.333. The smallest absolute Gasteiger partial charge is 0.254 e. The van der Waals surface area contributed by atoms with Crippen LogP contribution < -0.4 is 15.4 Å². The van der Waals surface area contributed by atoms with Gasteiger partial charge in [-0.3, -0.25) is 4.79 Å². The first-order chi connectivity index (χ1) is 13.7. The molecule has 1 aliphatic heterocycles. The van der Waals surface area contributed by atoms with Gasteiger partial charge in [-0.05, 0) is 18.2 Å². The van der Waals surface area contributed by atoms with Crippen LogP contribution in [-0.2, 0) is 4.74 Å². The maximum atomic E-state index is 12.7. The molecule has 1 saturated heterocycles. The van der Waals surface area contributed by atoms with Crippen LogP contribution in [-0.4, -0.2) is 71.2 Å². The Morgan fingerprint density at radius 1 is 1.29 bits per heavy atom. The third-order valence-corrected chi connectivity index (χ3v) is 4.51. The van der Waals surface area contributed by atoms with E-state index in [4.69, 9.17) is 9.47 Å². The van der Waals surface area contributed by atoms with Gasteiger partial charge in [0.05, 0.1) is 32.3 Å². The molecule has 3 N–H and O–H groups in total. The standard InChI is InChI=1S/C18H21N7O3/c1-19-15-14-16(21-10-20-14)24-18(23-15)22-12-4-3-11(9-13(12)27-2)17(26)25-5-7-28-8-6-25/h3-4,9-10H,5-8H2,1-2H3,(H3,19,20,21,22,23,24). The number of imidazole rings is 1. The van der Waals surface area contributed by atoms with Gasteiger partial charge in [0, 0.05) is 25.7 Å². The van der Waals surface area contributed by atoms with Crippen LogP contribution in [0.5, 0.6) is 5.75 Å². The maximum absolute atomic E-state index is 12.7. The molecule has 0 saturated carbocycles. The summed E-state index contributed by atoms with van der Waals surface area (Å²) in [6.45, 7) is 2.30. The highest BCUT2D eigenvalue weighted by Crippen LogP contribution is 2.29. The monoisotopic (exact) mass is 383 g/mol. The van der Waals surface area contributed by atoms with E-state index >= 15 is 0 Å². The Hall–Kier alpha value is -3.40. The van der Waals surface area contributed by atoms with Gasteiger partial charge >= 0.3 is 0 Å². The van der Waals surface area contributed by atoms with Crippen molar-refractivity contribution in [2.75, 3.05) is 51.1 Å². The van der Waals surface area contributed by atoms with Gasteiger partial charge in [-0.15, -0.1) is 0 Å². The number of hydrogen-bond acceptors (Lipinski definition) is 8. The van der Waals surface area contributed by atoms with Crippen molar-refractivity contribution in [3.63, 3.8) is 0 Å². The number of benzene rings is 1. The molecule has 1 aliphatic rings. The van der Waals surface area contributed by atoms with Gasteiger partial charge in [-0.25, -0.2) is 4.98 Å². The molecule has 0 spiro atoms. The first kappa shape index (κ1) is 18.0. The molecule has 10 heteroatoms. The summed E-state index contributed by atoms with van der Waals surface area (Å²) >= 11 is 0. The largest absolute Gasteiger partial charge is 0.495 e. The highest BCUT2D eigenvalue weighted by molar-refractivity contribution is 5.95. The van der Waals surface area contributed by atoms with E-state index in [0.717, 1.165) is 0 Å². The van der Waals surface area contributed by atoms with E-state index in [1.165, 1.54) is 0 Å². The van der Waals surface area contributed by atoms with Crippen molar-refractivity contribution in [1.82, 2.24) is 24.8 Å². The summed E-state index contributed by atoms with van der Waals surface area (Å²) in [6, 6.07) is 5.26. The molecule has 4 rings (SSSR count). The summed E-state index contributed by atoms with van der Waals surface area (Å²) in [5.41, 5.74) is 2.48. The minimum atomic E-state index is -0.0410. The average molecular weight is 383 g/mol. The molecule has 0 bridgehead atoms. The normalized spacial score (nSPS) is 14.1. The zero-order valence-corrected chi connectivity index (χ0v) is 15.7. The summed E-state index contributed by atoms with van der Waals surface area (Å²) in [4.78, 5) is 30.5. The van der Waals surface area contributed by atoms with Crippen LogP contribution in [0.2, 0.25) is 0 Å². The number of rotatable bonds is 5. The molecular formula is C18H21N7O3. The first-order valence-corrected chi connectivity index (χ1v) is 8.90. The van der Waals surface area contributed by atoms with Crippen molar-refractivity contribution < 1.29 is 14.3 Å². The number of amides is 1. The van der Waals surface area contributed by atoms with E-state index in [0.29, 0.717) is 66.2 Å². The van der Waals surface area contributed by atoms with Crippen molar-refractivity contribution >= 4 is 34.5 Å². The Kier molecular flexibility index (Phi) is 4.94. The second kappa shape index (κ2) is 7.69. The molecule has 1 aromatic carbocycles. The van der Waals surface area contributed by atoms with Gasteiger partial charge < -0.3 is 30.0 Å². The van der Waals surface area contributed by atoms with Crippen LogP contribution in [0.3, 0.4) is 0 Å². The lowest BCUT2D eigenvalue weighted by Gasteiger charge is -2.27. The van der Waals surface area contributed by atoms with Crippen molar-refractivity contribution in [2.45, 2.75) is 0 Å². The minimum Gasteiger partial charge on any atom is -0.495 e. The third-order valence-electron chi connectivity index (χ3n) is 4.51. The van der Waals surface area contributed by atoms with Crippen molar-refractivity contribution in [3.8, 4) is 5.75 Å². The number of aromatic amines is 1. The quantitative estimate of drug-likeness (QED) is 0.608. The molecule has 10 nitrogen and oxygen atoms in total. The van der Waals surface area contributed by atoms with Crippen LogP contribution in [0.15, 0.2) is 24.5 Å². The number of methoxy groups -OCH3 is 1. The van der Waals surface area contributed by atoms with E-state index in [1.807, 2.05) is 0 Å². The predicted molar refractivity (Wildman–Crippen MR) is 104 cm³/mol.